The van der Waals surface area contributed by atoms with E-state index in [0.717, 1.165) is 11.5 Å². The largest absolute Gasteiger partial charge is 0.465 e. The fraction of sp³-hybridized carbons (Fsp3) is 0.636. The minimum Gasteiger partial charge on any atom is -0.465 e. The van der Waals surface area contributed by atoms with Crippen molar-refractivity contribution in [3.8, 4) is 0 Å². The molecule has 0 bridgehead atoms. The van der Waals surface area contributed by atoms with Crippen LogP contribution in [-0.2, 0) is 4.74 Å². The summed E-state index contributed by atoms with van der Waals surface area (Å²) in [6.07, 6.45) is 0. The molecule has 0 aliphatic rings. The van der Waals surface area contributed by atoms with Crippen LogP contribution in [0.25, 0.3) is 0 Å². The Bertz CT molecular complexity index is 270. The van der Waals surface area contributed by atoms with Crippen LogP contribution in [0.4, 0.5) is 0 Å². The predicted octanol–water partition coefficient (Wildman–Crippen LogP) is 2.27. The van der Waals surface area contributed by atoms with E-state index in [1.165, 1.54) is 0 Å². The Morgan fingerprint density at radius 2 is 2.14 bits per heavy atom. The van der Waals surface area contributed by atoms with Crippen LogP contribution in [-0.4, -0.2) is 19.8 Å². The number of hydrogen-bond acceptors (Lipinski definition) is 3. The number of nitrogens with one attached hydrogen (secondary N) is 1. The minimum atomic E-state index is 0.230. The average molecular weight is 197 g/mol. The highest BCUT2D eigenvalue weighted by Gasteiger charge is 2.11. The van der Waals surface area contributed by atoms with Crippen LogP contribution in [0, 0.1) is 6.92 Å². The number of ether oxygens (including phenoxy) is 1. The first-order chi connectivity index (χ1) is 6.63. The molecule has 0 spiro atoms. The van der Waals surface area contributed by atoms with Gasteiger partial charge in [-0.25, -0.2) is 0 Å². The molecule has 2 atom stereocenters. The molecule has 3 heteroatoms. The topological polar surface area (TPSA) is 34.4 Å². The van der Waals surface area contributed by atoms with Gasteiger partial charge in [0.2, 0.25) is 0 Å². The van der Waals surface area contributed by atoms with Crippen molar-refractivity contribution in [3.63, 3.8) is 0 Å². The minimum absolute atomic E-state index is 0.230. The first-order valence-electron chi connectivity index (χ1n) is 4.94. The number of hydrogen-bond donors (Lipinski definition) is 1. The van der Waals surface area contributed by atoms with Gasteiger partial charge >= 0.3 is 0 Å². The van der Waals surface area contributed by atoms with Crippen molar-refractivity contribution in [1.29, 1.82) is 0 Å². The third-order valence-corrected chi connectivity index (χ3v) is 2.14. The summed E-state index contributed by atoms with van der Waals surface area (Å²) in [7, 11) is 1.71. The summed E-state index contributed by atoms with van der Waals surface area (Å²) in [5, 5.41) is 3.39. The molecule has 0 aliphatic carbocycles. The van der Waals surface area contributed by atoms with Crippen LogP contribution in [0.3, 0.4) is 0 Å². The highest BCUT2D eigenvalue weighted by molar-refractivity contribution is 5.08. The molecule has 1 N–H and O–H groups in total. The summed E-state index contributed by atoms with van der Waals surface area (Å²) < 4.78 is 10.6. The standard InChI is InChI=1S/C11H19NO2/c1-8(7-13-4)12-10(3)11-6-5-9(2)14-11/h5-6,8,10,12H,7H2,1-4H3/t8-,10+/m0/s1. The Balaban J connectivity index is 2.45. The van der Waals surface area contributed by atoms with Crippen molar-refractivity contribution >= 4 is 0 Å². The molecular weight excluding hydrogens is 178 g/mol. The fourth-order valence-corrected chi connectivity index (χ4v) is 1.49. The smallest absolute Gasteiger partial charge is 0.120 e. The summed E-state index contributed by atoms with van der Waals surface area (Å²) in [5.74, 6) is 1.93. The lowest BCUT2D eigenvalue weighted by atomic mass is 10.2. The van der Waals surface area contributed by atoms with Crippen molar-refractivity contribution in [1.82, 2.24) is 5.32 Å². The van der Waals surface area contributed by atoms with Crippen molar-refractivity contribution in [2.45, 2.75) is 32.9 Å². The molecule has 0 aliphatic heterocycles. The molecule has 0 fully saturated rings. The maximum Gasteiger partial charge on any atom is 0.120 e. The Labute approximate surface area is 85.4 Å². The summed E-state index contributed by atoms with van der Waals surface area (Å²) in [4.78, 5) is 0. The van der Waals surface area contributed by atoms with Crippen LogP contribution in [0.1, 0.15) is 31.4 Å². The molecule has 0 aromatic carbocycles. The normalized spacial score (nSPS) is 15.4. The summed E-state index contributed by atoms with van der Waals surface area (Å²) >= 11 is 0. The molecule has 0 saturated heterocycles. The second-order valence-electron chi connectivity index (χ2n) is 3.69. The van der Waals surface area contributed by atoms with Crippen LogP contribution in [0.15, 0.2) is 16.5 Å². The number of aryl methyl sites for hydroxylation is 1. The van der Waals surface area contributed by atoms with Gasteiger partial charge in [-0.05, 0) is 32.9 Å². The van der Waals surface area contributed by atoms with Gasteiger partial charge in [0.15, 0.2) is 0 Å². The van der Waals surface area contributed by atoms with E-state index in [-0.39, 0.29) is 6.04 Å². The molecule has 0 unspecified atom stereocenters. The van der Waals surface area contributed by atoms with E-state index in [9.17, 15) is 0 Å². The van der Waals surface area contributed by atoms with Gasteiger partial charge in [-0.15, -0.1) is 0 Å². The second kappa shape index (κ2) is 5.17. The Kier molecular flexibility index (Phi) is 4.17. The molecular formula is C11H19NO2. The molecule has 0 radical (unpaired) electrons. The van der Waals surface area contributed by atoms with E-state index < -0.39 is 0 Å². The lowest BCUT2D eigenvalue weighted by Gasteiger charge is -2.17. The van der Waals surface area contributed by atoms with Gasteiger partial charge in [0, 0.05) is 13.2 Å². The molecule has 14 heavy (non-hydrogen) atoms. The number of rotatable bonds is 5. The van der Waals surface area contributed by atoms with Crippen molar-refractivity contribution in [2.24, 2.45) is 0 Å². The van der Waals surface area contributed by atoms with E-state index in [0.29, 0.717) is 12.6 Å². The van der Waals surface area contributed by atoms with Crippen molar-refractivity contribution < 1.29 is 9.15 Å². The van der Waals surface area contributed by atoms with Crippen LogP contribution >= 0.6 is 0 Å². The molecule has 1 aromatic rings. The van der Waals surface area contributed by atoms with E-state index in [2.05, 4.69) is 19.2 Å². The lowest BCUT2D eigenvalue weighted by Crippen LogP contribution is -2.32. The van der Waals surface area contributed by atoms with Gasteiger partial charge in [0.25, 0.3) is 0 Å². The molecule has 80 valence electrons. The van der Waals surface area contributed by atoms with E-state index in [1.54, 1.807) is 7.11 Å². The molecule has 1 heterocycles. The zero-order chi connectivity index (χ0) is 10.6. The predicted molar refractivity (Wildman–Crippen MR) is 56.3 cm³/mol. The number of furan rings is 1. The molecule has 1 aromatic heterocycles. The highest BCUT2D eigenvalue weighted by Crippen LogP contribution is 2.15. The zero-order valence-corrected chi connectivity index (χ0v) is 9.33. The zero-order valence-electron chi connectivity index (χ0n) is 9.33. The highest BCUT2D eigenvalue weighted by atomic mass is 16.5. The van der Waals surface area contributed by atoms with Crippen LogP contribution < -0.4 is 5.32 Å². The SMILES string of the molecule is COC[C@H](C)N[C@H](C)c1ccc(C)o1. The van der Waals surface area contributed by atoms with Crippen molar-refractivity contribution in [2.75, 3.05) is 13.7 Å². The van der Waals surface area contributed by atoms with Crippen molar-refractivity contribution in [3.05, 3.63) is 23.7 Å². The van der Waals surface area contributed by atoms with Gasteiger partial charge in [0.1, 0.15) is 11.5 Å². The van der Waals surface area contributed by atoms with E-state index in [4.69, 9.17) is 9.15 Å². The molecule has 0 amide bonds. The van der Waals surface area contributed by atoms with Crippen LogP contribution in [0.2, 0.25) is 0 Å². The first-order valence-corrected chi connectivity index (χ1v) is 4.94. The van der Waals surface area contributed by atoms with Gasteiger partial charge in [-0.2, -0.15) is 0 Å². The third kappa shape index (κ3) is 3.16. The summed E-state index contributed by atoms with van der Waals surface area (Å²) in [6.45, 7) is 6.85. The maximum atomic E-state index is 5.52. The van der Waals surface area contributed by atoms with E-state index in [1.807, 2.05) is 19.1 Å². The lowest BCUT2D eigenvalue weighted by molar-refractivity contribution is 0.165. The van der Waals surface area contributed by atoms with Crippen LogP contribution in [0.5, 0.6) is 0 Å². The number of methoxy groups -OCH3 is 1. The van der Waals surface area contributed by atoms with E-state index >= 15 is 0 Å². The summed E-state index contributed by atoms with van der Waals surface area (Å²) in [5.41, 5.74) is 0. The Hall–Kier alpha value is -0.800. The summed E-state index contributed by atoms with van der Waals surface area (Å²) in [6, 6.07) is 4.55. The molecule has 0 saturated carbocycles. The van der Waals surface area contributed by atoms with Gasteiger partial charge < -0.3 is 14.5 Å². The second-order valence-corrected chi connectivity index (χ2v) is 3.69. The average Bonchev–Trinajstić information content (AvgIpc) is 2.52. The Morgan fingerprint density at radius 1 is 1.43 bits per heavy atom. The fourth-order valence-electron chi connectivity index (χ4n) is 1.49. The quantitative estimate of drug-likeness (QED) is 0.786. The third-order valence-electron chi connectivity index (χ3n) is 2.14. The first kappa shape index (κ1) is 11.3. The molecule has 1 rings (SSSR count). The van der Waals surface area contributed by atoms with Gasteiger partial charge in [-0.1, -0.05) is 0 Å². The van der Waals surface area contributed by atoms with Gasteiger partial charge in [0.05, 0.1) is 12.6 Å². The van der Waals surface area contributed by atoms with Gasteiger partial charge in [-0.3, -0.25) is 0 Å². The molecule has 3 nitrogen and oxygen atoms in total. The monoisotopic (exact) mass is 197 g/mol. The maximum absolute atomic E-state index is 5.52. The Morgan fingerprint density at radius 3 is 2.64 bits per heavy atom.